The average Bonchev–Trinajstić information content (AvgIpc) is 2.67. The van der Waals surface area contributed by atoms with Gasteiger partial charge in [-0.15, -0.1) is 0 Å². The van der Waals surface area contributed by atoms with Gasteiger partial charge < -0.3 is 4.90 Å². The van der Waals surface area contributed by atoms with Crippen molar-refractivity contribution < 1.29 is 9.85 Å². The number of hydrazone groups is 1. The Morgan fingerprint density at radius 3 is 2.42 bits per heavy atom. The molecule has 162 valence electrons. The summed E-state index contributed by atoms with van der Waals surface area (Å²) in [5, 5.41) is 26.2. The lowest BCUT2D eigenvalue weighted by atomic mass is 9.87. The number of nitrogens with zero attached hydrogens (tertiary/aromatic N) is 4. The SMILES string of the molecule is CC1=CC(C)(C)N(C(C)C)c2ccc(/C=N/Nc3ccc([N+](=O)[O-])cc3[N+](=O)[O-])cc21. The number of anilines is 2. The van der Waals surface area contributed by atoms with E-state index in [1.165, 1.54) is 17.7 Å². The maximum Gasteiger partial charge on any atom is 0.301 e. The van der Waals surface area contributed by atoms with Crippen molar-refractivity contribution in [2.24, 2.45) is 5.10 Å². The summed E-state index contributed by atoms with van der Waals surface area (Å²) in [7, 11) is 0. The molecule has 0 aromatic heterocycles. The summed E-state index contributed by atoms with van der Waals surface area (Å²) < 4.78 is 0. The number of nitrogens with one attached hydrogen (secondary N) is 1. The van der Waals surface area contributed by atoms with Gasteiger partial charge in [-0.05, 0) is 64.0 Å². The first-order valence-corrected chi connectivity index (χ1v) is 9.86. The molecule has 0 aliphatic carbocycles. The molecule has 0 fully saturated rings. The van der Waals surface area contributed by atoms with Gasteiger partial charge in [0.1, 0.15) is 5.69 Å². The number of nitro benzene ring substituents is 2. The summed E-state index contributed by atoms with van der Waals surface area (Å²) in [6.07, 6.45) is 3.81. The van der Waals surface area contributed by atoms with Crippen molar-refractivity contribution in [3.8, 4) is 0 Å². The van der Waals surface area contributed by atoms with Gasteiger partial charge in [-0.25, -0.2) is 0 Å². The van der Waals surface area contributed by atoms with Crippen molar-refractivity contribution in [1.29, 1.82) is 0 Å². The molecule has 9 nitrogen and oxygen atoms in total. The average molecular weight is 423 g/mol. The highest BCUT2D eigenvalue weighted by Gasteiger charge is 2.32. The zero-order chi connectivity index (χ0) is 22.9. The van der Waals surface area contributed by atoms with E-state index in [2.05, 4.69) is 62.2 Å². The molecule has 0 spiro atoms. The van der Waals surface area contributed by atoms with Crippen LogP contribution in [-0.4, -0.2) is 27.6 Å². The predicted octanol–water partition coefficient (Wildman–Crippen LogP) is 5.36. The summed E-state index contributed by atoms with van der Waals surface area (Å²) in [4.78, 5) is 23.1. The van der Waals surface area contributed by atoms with Crippen LogP contribution in [0.2, 0.25) is 0 Å². The Kier molecular flexibility index (Phi) is 5.79. The number of hydrogen-bond donors (Lipinski definition) is 1. The molecule has 0 saturated heterocycles. The third kappa shape index (κ3) is 4.40. The van der Waals surface area contributed by atoms with E-state index in [0.717, 1.165) is 22.9 Å². The van der Waals surface area contributed by atoms with Gasteiger partial charge in [0, 0.05) is 23.4 Å². The molecule has 0 saturated carbocycles. The maximum absolute atomic E-state index is 11.2. The molecule has 9 heteroatoms. The van der Waals surface area contributed by atoms with Gasteiger partial charge in [-0.2, -0.15) is 5.10 Å². The van der Waals surface area contributed by atoms with Crippen LogP contribution in [-0.2, 0) is 0 Å². The van der Waals surface area contributed by atoms with Crippen LogP contribution in [0.5, 0.6) is 0 Å². The molecule has 0 atom stereocenters. The summed E-state index contributed by atoms with van der Waals surface area (Å²) >= 11 is 0. The van der Waals surface area contributed by atoms with Crippen molar-refractivity contribution in [3.63, 3.8) is 0 Å². The molecule has 1 heterocycles. The van der Waals surface area contributed by atoms with Crippen LogP contribution in [0.3, 0.4) is 0 Å². The Morgan fingerprint density at radius 1 is 1.10 bits per heavy atom. The van der Waals surface area contributed by atoms with Crippen molar-refractivity contribution in [2.45, 2.75) is 46.2 Å². The van der Waals surface area contributed by atoms with E-state index < -0.39 is 15.5 Å². The third-order valence-electron chi connectivity index (χ3n) is 5.20. The fourth-order valence-corrected chi connectivity index (χ4v) is 4.15. The second kappa shape index (κ2) is 8.17. The monoisotopic (exact) mass is 423 g/mol. The van der Waals surface area contributed by atoms with Crippen molar-refractivity contribution in [2.75, 3.05) is 10.3 Å². The molecular weight excluding hydrogens is 398 g/mol. The van der Waals surface area contributed by atoms with Crippen molar-refractivity contribution in [3.05, 3.63) is 73.8 Å². The second-order valence-corrected chi connectivity index (χ2v) is 8.31. The summed E-state index contributed by atoms with van der Waals surface area (Å²) in [5.74, 6) is 0. The highest BCUT2D eigenvalue weighted by molar-refractivity contribution is 5.88. The number of rotatable bonds is 6. The second-order valence-electron chi connectivity index (χ2n) is 8.31. The molecule has 0 amide bonds. The van der Waals surface area contributed by atoms with E-state index in [0.29, 0.717) is 6.04 Å². The highest BCUT2D eigenvalue weighted by Crippen LogP contribution is 2.40. The molecule has 0 unspecified atom stereocenters. The van der Waals surface area contributed by atoms with Crippen molar-refractivity contribution in [1.82, 2.24) is 0 Å². The number of allylic oxidation sites excluding steroid dienone is 1. The molecule has 0 bridgehead atoms. The normalized spacial score (nSPS) is 15.0. The minimum atomic E-state index is -0.680. The largest absolute Gasteiger partial charge is 0.360 e. The summed E-state index contributed by atoms with van der Waals surface area (Å²) in [6, 6.07) is 9.73. The lowest BCUT2D eigenvalue weighted by Crippen LogP contribution is -2.49. The minimum absolute atomic E-state index is 0.0774. The number of hydrogen-bond acceptors (Lipinski definition) is 7. The summed E-state index contributed by atoms with van der Waals surface area (Å²) in [5.41, 5.74) is 6.09. The Hall–Kier alpha value is -3.75. The fraction of sp³-hybridized carbons (Fsp3) is 0.318. The van der Waals surface area contributed by atoms with Gasteiger partial charge in [-0.3, -0.25) is 25.7 Å². The standard InChI is InChI=1S/C22H25N5O4/c1-14(2)25-20-9-6-16(10-18(20)15(3)12-22(25,4)5)13-23-24-19-8-7-17(26(28)29)11-21(19)27(30)31/h6-14,24H,1-5H3/b23-13+. The van der Waals surface area contributed by atoms with E-state index in [1.54, 1.807) is 6.21 Å². The minimum Gasteiger partial charge on any atom is -0.360 e. The Morgan fingerprint density at radius 2 is 1.81 bits per heavy atom. The van der Waals surface area contributed by atoms with Gasteiger partial charge in [0.05, 0.1) is 27.7 Å². The Balaban J connectivity index is 1.88. The van der Waals surface area contributed by atoms with Crippen LogP contribution < -0.4 is 10.3 Å². The molecule has 3 rings (SSSR count). The first-order chi connectivity index (χ1) is 14.5. The smallest absolute Gasteiger partial charge is 0.301 e. The van der Waals surface area contributed by atoms with Crippen LogP contribution in [0.1, 0.15) is 45.7 Å². The van der Waals surface area contributed by atoms with Gasteiger partial charge in [0.2, 0.25) is 0 Å². The number of benzene rings is 2. The zero-order valence-electron chi connectivity index (χ0n) is 18.1. The van der Waals surface area contributed by atoms with E-state index in [1.807, 2.05) is 12.1 Å². The molecule has 2 aromatic carbocycles. The topological polar surface area (TPSA) is 114 Å². The van der Waals surface area contributed by atoms with E-state index in [4.69, 9.17) is 0 Å². The molecule has 2 aromatic rings. The lowest BCUT2D eigenvalue weighted by Gasteiger charge is -2.46. The molecule has 1 aliphatic heterocycles. The van der Waals surface area contributed by atoms with Crippen LogP contribution in [0.25, 0.3) is 5.57 Å². The quantitative estimate of drug-likeness (QED) is 0.380. The fourth-order valence-electron chi connectivity index (χ4n) is 4.15. The maximum atomic E-state index is 11.2. The molecule has 31 heavy (non-hydrogen) atoms. The molecule has 1 N–H and O–H groups in total. The number of non-ortho nitro benzene ring substituents is 1. The first kappa shape index (κ1) is 21.9. The molecular formula is C22H25N5O4. The van der Waals surface area contributed by atoms with E-state index in [9.17, 15) is 20.2 Å². The summed E-state index contributed by atoms with van der Waals surface area (Å²) in [6.45, 7) is 10.8. The molecule has 0 radical (unpaired) electrons. The van der Waals surface area contributed by atoms with Crippen LogP contribution in [0.15, 0.2) is 47.6 Å². The lowest BCUT2D eigenvalue weighted by molar-refractivity contribution is -0.393. The third-order valence-corrected chi connectivity index (χ3v) is 5.20. The Labute approximate surface area is 180 Å². The first-order valence-electron chi connectivity index (χ1n) is 9.86. The van der Waals surface area contributed by atoms with Crippen LogP contribution in [0, 0.1) is 20.2 Å². The number of nitro groups is 2. The zero-order valence-corrected chi connectivity index (χ0v) is 18.1. The van der Waals surface area contributed by atoms with Crippen LogP contribution in [0.4, 0.5) is 22.7 Å². The number of fused-ring (bicyclic) bond motifs is 1. The highest BCUT2D eigenvalue weighted by atomic mass is 16.6. The molecule has 1 aliphatic rings. The van der Waals surface area contributed by atoms with Crippen LogP contribution >= 0.6 is 0 Å². The van der Waals surface area contributed by atoms with Gasteiger partial charge in [-0.1, -0.05) is 12.1 Å². The van der Waals surface area contributed by atoms with Gasteiger partial charge in [0.25, 0.3) is 5.69 Å². The van der Waals surface area contributed by atoms with Gasteiger partial charge in [0.15, 0.2) is 0 Å². The van der Waals surface area contributed by atoms with Gasteiger partial charge >= 0.3 is 5.69 Å². The predicted molar refractivity (Wildman–Crippen MR) is 123 cm³/mol. The van der Waals surface area contributed by atoms with Crippen molar-refractivity contribution >= 4 is 34.5 Å². The van der Waals surface area contributed by atoms with E-state index >= 15 is 0 Å². The Bertz CT molecular complexity index is 1110. The van der Waals surface area contributed by atoms with E-state index in [-0.39, 0.29) is 16.9 Å².